The fourth-order valence-corrected chi connectivity index (χ4v) is 4.21. The molecule has 1 fully saturated rings. The fraction of sp³-hybridized carbons (Fsp3) is 0.208. The second-order valence-corrected chi connectivity index (χ2v) is 8.13. The lowest BCUT2D eigenvalue weighted by molar-refractivity contribution is 0.104. The number of benzene rings is 2. The number of aliphatic hydroxyl groups is 1. The Morgan fingerprint density at radius 3 is 2.59 bits per heavy atom. The number of halogens is 1. The van der Waals surface area contributed by atoms with Gasteiger partial charge in [-0.05, 0) is 37.1 Å². The van der Waals surface area contributed by atoms with Crippen LogP contribution in [-0.4, -0.2) is 45.0 Å². The number of ketones is 1. The molecule has 0 spiro atoms. The number of hydrogen-bond acceptors (Lipinski definition) is 6. The monoisotopic (exact) mass is 448 g/mol. The van der Waals surface area contributed by atoms with Crippen molar-refractivity contribution < 1.29 is 14.6 Å². The number of fused-ring (bicyclic) bond motifs is 1. The van der Waals surface area contributed by atoms with Crippen LogP contribution >= 0.6 is 11.6 Å². The number of aliphatic hydroxyl groups excluding tert-OH is 1. The minimum atomic E-state index is -0.300. The van der Waals surface area contributed by atoms with Gasteiger partial charge in [-0.1, -0.05) is 29.8 Å². The third kappa shape index (κ3) is 3.92. The summed E-state index contributed by atoms with van der Waals surface area (Å²) in [4.78, 5) is 27.3. The van der Waals surface area contributed by atoms with E-state index >= 15 is 0 Å². The molecule has 162 valence electrons. The number of nitrogens with one attached hydrogen (secondary N) is 1. The van der Waals surface area contributed by atoms with Crippen LogP contribution in [0.1, 0.15) is 28.8 Å². The highest BCUT2D eigenvalue weighted by Crippen LogP contribution is 2.33. The van der Waals surface area contributed by atoms with Crippen LogP contribution < -0.4 is 9.64 Å². The maximum atomic E-state index is 13.4. The summed E-state index contributed by atoms with van der Waals surface area (Å²) in [7, 11) is 0. The van der Waals surface area contributed by atoms with Crippen molar-refractivity contribution in [2.75, 3.05) is 18.0 Å². The molecule has 1 saturated heterocycles. The largest absolute Gasteiger partial charge is 0.457 e. The maximum absolute atomic E-state index is 13.4. The van der Waals surface area contributed by atoms with Gasteiger partial charge in [0.15, 0.2) is 5.78 Å². The lowest BCUT2D eigenvalue weighted by Gasteiger charge is -2.30. The SMILES string of the molecule is O=C(c1ccc(Oc2ccccc2)cc1Cl)c1c[nH]c2ncnc(N3CCC(O)CC3)c12. The van der Waals surface area contributed by atoms with Crippen LogP contribution in [0.25, 0.3) is 11.0 Å². The summed E-state index contributed by atoms with van der Waals surface area (Å²) in [5.41, 5.74) is 1.42. The number of carbonyl (C=O) groups excluding carboxylic acids is 1. The van der Waals surface area contributed by atoms with Crippen molar-refractivity contribution in [1.29, 1.82) is 0 Å². The van der Waals surface area contributed by atoms with Crippen LogP contribution in [0, 0.1) is 0 Å². The molecular weight excluding hydrogens is 428 g/mol. The van der Waals surface area contributed by atoms with Crippen LogP contribution in [-0.2, 0) is 0 Å². The van der Waals surface area contributed by atoms with Gasteiger partial charge in [0.1, 0.15) is 29.3 Å². The molecule has 0 aliphatic carbocycles. The molecule has 8 heteroatoms. The average Bonchev–Trinajstić information content (AvgIpc) is 3.24. The Labute approximate surface area is 189 Å². The molecular formula is C24H21ClN4O3. The van der Waals surface area contributed by atoms with E-state index in [4.69, 9.17) is 16.3 Å². The molecule has 2 N–H and O–H groups in total. The molecule has 3 heterocycles. The van der Waals surface area contributed by atoms with Gasteiger partial charge in [-0.2, -0.15) is 0 Å². The van der Waals surface area contributed by atoms with Gasteiger partial charge < -0.3 is 19.7 Å². The number of nitrogens with zero attached hydrogens (tertiary/aromatic N) is 3. The molecule has 0 bridgehead atoms. The third-order valence-corrected chi connectivity index (χ3v) is 5.94. The summed E-state index contributed by atoms with van der Waals surface area (Å²) in [6.07, 6.45) is 4.15. The Hall–Kier alpha value is -3.42. The lowest BCUT2D eigenvalue weighted by Crippen LogP contribution is -2.36. The van der Waals surface area contributed by atoms with Gasteiger partial charge in [0.2, 0.25) is 0 Å². The van der Waals surface area contributed by atoms with Crippen molar-refractivity contribution in [1.82, 2.24) is 15.0 Å². The Kier molecular flexibility index (Phi) is 5.51. The van der Waals surface area contributed by atoms with Crippen molar-refractivity contribution >= 4 is 34.2 Å². The highest BCUT2D eigenvalue weighted by molar-refractivity contribution is 6.35. The Balaban J connectivity index is 1.47. The number of H-pyrrole nitrogens is 1. The number of anilines is 1. The van der Waals surface area contributed by atoms with Crippen molar-refractivity contribution in [3.8, 4) is 11.5 Å². The van der Waals surface area contributed by atoms with Crippen molar-refractivity contribution in [3.05, 3.63) is 77.2 Å². The van der Waals surface area contributed by atoms with Gasteiger partial charge in [0.25, 0.3) is 0 Å². The van der Waals surface area contributed by atoms with E-state index < -0.39 is 0 Å². The van der Waals surface area contributed by atoms with E-state index in [1.807, 2.05) is 30.3 Å². The standard InChI is InChI=1S/C24H21ClN4O3/c25-20-12-17(32-16-4-2-1-3-5-16)6-7-18(20)22(31)19-13-26-23-21(19)24(28-14-27-23)29-10-8-15(30)9-11-29/h1-7,12-15,30H,8-11H2,(H,26,27,28). The van der Waals surface area contributed by atoms with Crippen molar-refractivity contribution in [2.24, 2.45) is 0 Å². The summed E-state index contributed by atoms with van der Waals surface area (Å²) in [5, 5.41) is 10.8. The number of ether oxygens (including phenoxy) is 1. The van der Waals surface area contributed by atoms with E-state index in [2.05, 4.69) is 19.9 Å². The summed E-state index contributed by atoms with van der Waals surface area (Å²) >= 11 is 6.48. The quantitative estimate of drug-likeness (QED) is 0.434. The van der Waals surface area contributed by atoms with Gasteiger partial charge in [0.05, 0.1) is 22.1 Å². The summed E-state index contributed by atoms with van der Waals surface area (Å²) in [6.45, 7) is 1.33. The molecule has 0 atom stereocenters. The molecule has 7 nitrogen and oxygen atoms in total. The Morgan fingerprint density at radius 2 is 1.84 bits per heavy atom. The number of aromatic nitrogens is 3. The van der Waals surface area contributed by atoms with E-state index in [9.17, 15) is 9.90 Å². The van der Waals surface area contributed by atoms with Crippen LogP contribution in [0.15, 0.2) is 61.1 Å². The first kappa shape index (κ1) is 20.5. The van der Waals surface area contributed by atoms with Gasteiger partial charge in [-0.3, -0.25) is 4.79 Å². The number of aromatic amines is 1. The highest BCUT2D eigenvalue weighted by atomic mass is 35.5. The maximum Gasteiger partial charge on any atom is 0.196 e. The number of rotatable bonds is 5. The first-order chi connectivity index (χ1) is 15.6. The Morgan fingerprint density at radius 1 is 1.06 bits per heavy atom. The van der Waals surface area contributed by atoms with E-state index in [1.54, 1.807) is 24.4 Å². The number of carbonyl (C=O) groups is 1. The highest BCUT2D eigenvalue weighted by Gasteiger charge is 2.25. The molecule has 1 aliphatic rings. The second-order valence-electron chi connectivity index (χ2n) is 7.73. The van der Waals surface area contributed by atoms with Crippen LogP contribution in [0.3, 0.4) is 0 Å². The first-order valence-electron chi connectivity index (χ1n) is 10.4. The molecule has 0 amide bonds. The number of piperidine rings is 1. The van der Waals surface area contributed by atoms with Crippen LogP contribution in [0.2, 0.25) is 5.02 Å². The second kappa shape index (κ2) is 8.61. The van der Waals surface area contributed by atoms with Crippen LogP contribution in [0.4, 0.5) is 5.82 Å². The van der Waals surface area contributed by atoms with Gasteiger partial charge in [0, 0.05) is 30.9 Å². The molecule has 0 saturated carbocycles. The molecule has 0 radical (unpaired) electrons. The van der Waals surface area contributed by atoms with E-state index in [-0.39, 0.29) is 11.9 Å². The zero-order valence-electron chi connectivity index (χ0n) is 17.2. The predicted molar refractivity (Wildman–Crippen MR) is 123 cm³/mol. The smallest absolute Gasteiger partial charge is 0.196 e. The van der Waals surface area contributed by atoms with Gasteiger partial charge in [-0.15, -0.1) is 0 Å². The topological polar surface area (TPSA) is 91.3 Å². The summed E-state index contributed by atoms with van der Waals surface area (Å²) in [5.74, 6) is 1.70. The summed E-state index contributed by atoms with van der Waals surface area (Å²) in [6, 6.07) is 14.4. The zero-order valence-corrected chi connectivity index (χ0v) is 17.9. The third-order valence-electron chi connectivity index (χ3n) is 5.62. The molecule has 32 heavy (non-hydrogen) atoms. The molecule has 5 rings (SSSR count). The zero-order chi connectivity index (χ0) is 22.1. The molecule has 4 aromatic rings. The van der Waals surface area contributed by atoms with Crippen molar-refractivity contribution in [2.45, 2.75) is 18.9 Å². The molecule has 2 aromatic heterocycles. The average molecular weight is 449 g/mol. The normalized spacial score (nSPS) is 14.6. The number of para-hydroxylation sites is 1. The Bertz CT molecular complexity index is 1270. The first-order valence-corrected chi connectivity index (χ1v) is 10.8. The van der Waals surface area contributed by atoms with E-state index in [0.29, 0.717) is 70.4 Å². The van der Waals surface area contributed by atoms with Crippen molar-refractivity contribution in [3.63, 3.8) is 0 Å². The van der Waals surface area contributed by atoms with Crippen LogP contribution in [0.5, 0.6) is 11.5 Å². The molecule has 2 aromatic carbocycles. The lowest BCUT2D eigenvalue weighted by atomic mass is 10.0. The minimum Gasteiger partial charge on any atom is -0.457 e. The fourth-order valence-electron chi connectivity index (χ4n) is 3.96. The summed E-state index contributed by atoms with van der Waals surface area (Å²) < 4.78 is 5.81. The van der Waals surface area contributed by atoms with E-state index in [0.717, 1.165) is 0 Å². The van der Waals surface area contributed by atoms with E-state index in [1.165, 1.54) is 6.33 Å². The molecule has 0 unspecified atom stereocenters. The van der Waals surface area contributed by atoms with Gasteiger partial charge >= 0.3 is 0 Å². The molecule has 1 aliphatic heterocycles. The minimum absolute atomic E-state index is 0.222. The predicted octanol–water partition coefficient (Wildman–Crippen LogP) is 4.60. The number of hydrogen-bond donors (Lipinski definition) is 2. The van der Waals surface area contributed by atoms with Gasteiger partial charge in [-0.25, -0.2) is 9.97 Å².